The SMILES string of the molecule is CC1CCC(CN)(C2(O)CCCC(C(C)(C)C)CC2)CC1. The lowest BCUT2D eigenvalue weighted by Gasteiger charge is -2.50. The van der Waals surface area contributed by atoms with Gasteiger partial charge in [-0.05, 0) is 55.8 Å². The minimum atomic E-state index is -0.512. The van der Waals surface area contributed by atoms with Crippen molar-refractivity contribution >= 4 is 0 Å². The molecular formula is C19H37NO. The Balaban J connectivity index is 2.13. The van der Waals surface area contributed by atoms with Gasteiger partial charge in [0.2, 0.25) is 0 Å². The number of nitrogens with two attached hydrogens (primary N) is 1. The summed E-state index contributed by atoms with van der Waals surface area (Å²) in [6.45, 7) is 10.1. The van der Waals surface area contributed by atoms with Gasteiger partial charge in [0.25, 0.3) is 0 Å². The van der Waals surface area contributed by atoms with Crippen molar-refractivity contribution in [3.05, 3.63) is 0 Å². The minimum absolute atomic E-state index is 0.00765. The first-order valence-electron chi connectivity index (χ1n) is 9.15. The molecule has 2 atom stereocenters. The van der Waals surface area contributed by atoms with Crippen LogP contribution in [0.5, 0.6) is 0 Å². The summed E-state index contributed by atoms with van der Waals surface area (Å²) < 4.78 is 0. The van der Waals surface area contributed by atoms with Crippen molar-refractivity contribution in [3.63, 3.8) is 0 Å². The largest absolute Gasteiger partial charge is 0.389 e. The van der Waals surface area contributed by atoms with Gasteiger partial charge in [-0.1, -0.05) is 47.0 Å². The van der Waals surface area contributed by atoms with Gasteiger partial charge in [0.1, 0.15) is 0 Å². The molecule has 2 fully saturated rings. The zero-order valence-corrected chi connectivity index (χ0v) is 14.8. The van der Waals surface area contributed by atoms with Crippen molar-refractivity contribution in [1.82, 2.24) is 0 Å². The fourth-order valence-electron chi connectivity index (χ4n) is 4.89. The molecule has 2 saturated carbocycles. The first kappa shape index (κ1) is 17.3. The van der Waals surface area contributed by atoms with Gasteiger partial charge >= 0.3 is 0 Å². The van der Waals surface area contributed by atoms with Crippen LogP contribution in [0.15, 0.2) is 0 Å². The van der Waals surface area contributed by atoms with E-state index in [1.54, 1.807) is 0 Å². The van der Waals surface area contributed by atoms with E-state index < -0.39 is 5.60 Å². The zero-order chi connectivity index (χ0) is 15.7. The third-order valence-corrected chi connectivity index (χ3v) is 6.88. The molecular weight excluding hydrogens is 258 g/mol. The molecule has 2 aliphatic rings. The third-order valence-electron chi connectivity index (χ3n) is 6.88. The van der Waals surface area contributed by atoms with Crippen molar-refractivity contribution in [3.8, 4) is 0 Å². The molecule has 0 heterocycles. The van der Waals surface area contributed by atoms with Crippen LogP contribution >= 0.6 is 0 Å². The van der Waals surface area contributed by atoms with E-state index in [4.69, 9.17) is 5.73 Å². The van der Waals surface area contributed by atoms with Crippen molar-refractivity contribution in [2.24, 2.45) is 28.4 Å². The molecule has 2 aliphatic carbocycles. The summed E-state index contributed by atoms with van der Waals surface area (Å²) in [6, 6.07) is 0. The second kappa shape index (κ2) is 6.20. The van der Waals surface area contributed by atoms with E-state index in [0.717, 1.165) is 50.4 Å². The lowest BCUT2D eigenvalue weighted by molar-refractivity contribution is -0.114. The highest BCUT2D eigenvalue weighted by Gasteiger charge is 2.51. The molecule has 0 radical (unpaired) electrons. The van der Waals surface area contributed by atoms with E-state index >= 15 is 0 Å². The molecule has 2 nitrogen and oxygen atoms in total. The maximum atomic E-state index is 11.5. The average molecular weight is 296 g/mol. The number of aliphatic hydroxyl groups is 1. The van der Waals surface area contributed by atoms with Gasteiger partial charge in [-0.2, -0.15) is 0 Å². The number of hydrogen-bond donors (Lipinski definition) is 2. The minimum Gasteiger partial charge on any atom is -0.389 e. The number of hydrogen-bond acceptors (Lipinski definition) is 2. The smallest absolute Gasteiger partial charge is 0.0715 e. The zero-order valence-electron chi connectivity index (χ0n) is 14.8. The lowest BCUT2D eigenvalue weighted by Crippen LogP contribution is -2.54. The van der Waals surface area contributed by atoms with Crippen molar-refractivity contribution in [1.29, 1.82) is 0 Å². The Morgan fingerprint density at radius 1 is 1.00 bits per heavy atom. The third kappa shape index (κ3) is 3.47. The fourth-order valence-corrected chi connectivity index (χ4v) is 4.89. The Bertz CT molecular complexity index is 338. The van der Waals surface area contributed by atoms with Crippen molar-refractivity contribution in [2.45, 2.75) is 91.1 Å². The van der Waals surface area contributed by atoms with E-state index in [0.29, 0.717) is 12.0 Å². The summed E-state index contributed by atoms with van der Waals surface area (Å²) in [6.07, 6.45) is 10.2. The van der Waals surface area contributed by atoms with Crippen LogP contribution in [0.3, 0.4) is 0 Å². The Morgan fingerprint density at radius 3 is 2.14 bits per heavy atom. The maximum absolute atomic E-state index is 11.5. The summed E-state index contributed by atoms with van der Waals surface area (Å²) in [5.41, 5.74) is 6.05. The maximum Gasteiger partial charge on any atom is 0.0715 e. The summed E-state index contributed by atoms with van der Waals surface area (Å²) in [4.78, 5) is 0. The topological polar surface area (TPSA) is 46.2 Å². The van der Waals surface area contributed by atoms with E-state index in [9.17, 15) is 5.11 Å². The molecule has 0 aliphatic heterocycles. The van der Waals surface area contributed by atoms with Gasteiger partial charge < -0.3 is 10.8 Å². The quantitative estimate of drug-likeness (QED) is 0.737. The van der Waals surface area contributed by atoms with Crippen LogP contribution in [0.4, 0.5) is 0 Å². The summed E-state index contributed by atoms with van der Waals surface area (Å²) in [5, 5.41) is 11.5. The molecule has 2 heteroatoms. The van der Waals surface area contributed by atoms with Crippen LogP contribution in [0.2, 0.25) is 0 Å². The molecule has 2 unspecified atom stereocenters. The van der Waals surface area contributed by atoms with E-state index in [1.807, 2.05) is 0 Å². The molecule has 0 saturated heterocycles. The molecule has 0 bridgehead atoms. The summed E-state index contributed by atoms with van der Waals surface area (Å²) >= 11 is 0. The Kier molecular flexibility index (Phi) is 5.10. The fraction of sp³-hybridized carbons (Fsp3) is 1.00. The normalized spacial score (nSPS) is 42.6. The first-order chi connectivity index (χ1) is 9.72. The van der Waals surface area contributed by atoms with Gasteiger partial charge in [-0.25, -0.2) is 0 Å². The highest BCUT2D eigenvalue weighted by molar-refractivity contribution is 5.03. The van der Waals surface area contributed by atoms with E-state index in [2.05, 4.69) is 27.7 Å². The summed E-state index contributed by atoms with van der Waals surface area (Å²) in [7, 11) is 0. The van der Waals surface area contributed by atoms with Gasteiger partial charge in [-0.15, -0.1) is 0 Å². The van der Waals surface area contributed by atoms with Gasteiger partial charge in [-0.3, -0.25) is 0 Å². The van der Waals surface area contributed by atoms with Crippen LogP contribution < -0.4 is 5.73 Å². The van der Waals surface area contributed by atoms with E-state index in [1.165, 1.54) is 19.3 Å². The van der Waals surface area contributed by atoms with Gasteiger partial charge in [0.15, 0.2) is 0 Å². The molecule has 3 N–H and O–H groups in total. The molecule has 0 aromatic rings. The Labute approximate surface area is 131 Å². The Morgan fingerprint density at radius 2 is 1.62 bits per heavy atom. The van der Waals surface area contributed by atoms with Crippen LogP contribution in [0, 0.1) is 22.7 Å². The monoisotopic (exact) mass is 295 g/mol. The second-order valence-electron chi connectivity index (χ2n) is 9.19. The summed E-state index contributed by atoms with van der Waals surface area (Å²) in [5.74, 6) is 1.55. The first-order valence-corrected chi connectivity index (χ1v) is 9.15. The molecule has 0 amide bonds. The number of rotatable bonds is 2. The molecule has 0 aromatic heterocycles. The predicted octanol–water partition coefficient (Wildman–Crippen LogP) is 4.50. The molecule has 0 spiro atoms. The van der Waals surface area contributed by atoms with Crippen LogP contribution in [-0.2, 0) is 0 Å². The highest BCUT2D eigenvalue weighted by Crippen LogP contribution is 2.52. The molecule has 2 rings (SSSR count). The van der Waals surface area contributed by atoms with Crippen molar-refractivity contribution < 1.29 is 5.11 Å². The molecule has 124 valence electrons. The van der Waals surface area contributed by atoms with Gasteiger partial charge in [0, 0.05) is 12.0 Å². The van der Waals surface area contributed by atoms with Crippen molar-refractivity contribution in [2.75, 3.05) is 6.54 Å². The predicted molar refractivity (Wildman–Crippen MR) is 90.1 cm³/mol. The highest BCUT2D eigenvalue weighted by atomic mass is 16.3. The average Bonchev–Trinajstić information content (AvgIpc) is 2.63. The Hall–Kier alpha value is -0.0800. The molecule has 21 heavy (non-hydrogen) atoms. The molecule has 0 aromatic carbocycles. The van der Waals surface area contributed by atoms with Crippen LogP contribution in [0.1, 0.15) is 85.5 Å². The lowest BCUT2D eigenvalue weighted by atomic mass is 9.59. The van der Waals surface area contributed by atoms with Crippen LogP contribution in [-0.4, -0.2) is 17.3 Å². The standard InChI is InChI=1S/C19H37NO/c1-15-7-11-18(14-20,12-8-15)19(21)10-5-6-16(9-13-19)17(2,3)4/h15-16,21H,5-14,20H2,1-4H3. The van der Waals surface area contributed by atoms with Crippen LogP contribution in [0.25, 0.3) is 0 Å². The van der Waals surface area contributed by atoms with Gasteiger partial charge in [0.05, 0.1) is 5.60 Å². The second-order valence-corrected chi connectivity index (χ2v) is 9.19. The van der Waals surface area contributed by atoms with E-state index in [-0.39, 0.29) is 5.41 Å².